The van der Waals surface area contributed by atoms with Crippen LogP contribution < -0.4 is 0 Å². The number of hydrogen-bond acceptors (Lipinski definition) is 0. The second-order valence-electron chi connectivity index (χ2n) is 8.93. The van der Waals surface area contributed by atoms with Crippen molar-refractivity contribution >= 4 is 6.08 Å². The van der Waals surface area contributed by atoms with Gasteiger partial charge >= 0.3 is 0 Å². The molecule has 0 nitrogen and oxygen atoms in total. The zero-order valence-corrected chi connectivity index (χ0v) is 15.9. The average Bonchev–Trinajstić information content (AvgIpc) is 3.06. The summed E-state index contributed by atoms with van der Waals surface area (Å²) in [5.41, 5.74) is 9.11. The normalized spacial score (nSPS) is 18.1. The maximum atomic E-state index is 2.50. The Hall–Kier alpha value is -1.82. The van der Waals surface area contributed by atoms with E-state index in [-0.39, 0.29) is 5.41 Å². The Balaban J connectivity index is 1.62. The van der Waals surface area contributed by atoms with E-state index in [0.29, 0.717) is 0 Å². The summed E-state index contributed by atoms with van der Waals surface area (Å²) in [6.45, 7) is 6.84. The highest BCUT2D eigenvalue weighted by Gasteiger charge is 2.24. The maximum absolute atomic E-state index is 2.50. The molecule has 2 aromatic carbocycles. The molecule has 1 saturated carbocycles. The summed E-state index contributed by atoms with van der Waals surface area (Å²) < 4.78 is 0. The Kier molecular flexibility index (Phi) is 4.31. The van der Waals surface area contributed by atoms with Crippen LogP contribution in [0.2, 0.25) is 0 Å². The van der Waals surface area contributed by atoms with Crippen LogP contribution >= 0.6 is 0 Å². The van der Waals surface area contributed by atoms with E-state index in [4.69, 9.17) is 0 Å². The molecule has 2 aliphatic rings. The van der Waals surface area contributed by atoms with Gasteiger partial charge in [-0.1, -0.05) is 94.1 Å². The smallest absolute Gasteiger partial charge is 0.00489 e. The van der Waals surface area contributed by atoms with Crippen LogP contribution in [0.3, 0.4) is 0 Å². The van der Waals surface area contributed by atoms with Gasteiger partial charge in [-0.25, -0.2) is 0 Å². The van der Waals surface area contributed by atoms with Gasteiger partial charge < -0.3 is 0 Å². The molecule has 0 spiro atoms. The van der Waals surface area contributed by atoms with Gasteiger partial charge in [-0.05, 0) is 58.4 Å². The van der Waals surface area contributed by atoms with E-state index in [1.54, 1.807) is 11.1 Å². The van der Waals surface area contributed by atoms with Gasteiger partial charge in [0.05, 0.1) is 0 Å². The molecule has 0 unspecified atom stereocenters. The molecule has 2 aromatic rings. The fourth-order valence-electron chi connectivity index (χ4n) is 4.55. The lowest BCUT2D eigenvalue weighted by molar-refractivity contribution is 0.401. The molecule has 0 aromatic heterocycles. The van der Waals surface area contributed by atoms with Crippen LogP contribution in [0.5, 0.6) is 0 Å². The van der Waals surface area contributed by atoms with Crippen LogP contribution in [-0.4, -0.2) is 0 Å². The minimum absolute atomic E-state index is 0.215. The zero-order chi connectivity index (χ0) is 17.4. The summed E-state index contributed by atoms with van der Waals surface area (Å²) in [6.07, 6.45) is 10.7. The van der Waals surface area contributed by atoms with Gasteiger partial charge in [-0.2, -0.15) is 0 Å². The van der Waals surface area contributed by atoms with Gasteiger partial charge in [0.2, 0.25) is 0 Å². The summed E-state index contributed by atoms with van der Waals surface area (Å²) >= 11 is 0. The van der Waals surface area contributed by atoms with Crippen molar-refractivity contribution < 1.29 is 0 Å². The van der Waals surface area contributed by atoms with Crippen LogP contribution in [0.1, 0.15) is 69.6 Å². The summed E-state index contributed by atoms with van der Waals surface area (Å²) in [7, 11) is 0. The van der Waals surface area contributed by atoms with E-state index in [2.05, 4.69) is 69.3 Å². The molecule has 0 saturated heterocycles. The van der Waals surface area contributed by atoms with Crippen LogP contribution in [0.4, 0.5) is 0 Å². The lowest BCUT2D eigenvalue weighted by Crippen LogP contribution is -2.10. The minimum atomic E-state index is 0.215. The van der Waals surface area contributed by atoms with E-state index in [9.17, 15) is 0 Å². The molecule has 1 fully saturated rings. The molecule has 25 heavy (non-hydrogen) atoms. The van der Waals surface area contributed by atoms with E-state index < -0.39 is 0 Å². The number of allylic oxidation sites excluding steroid dienone is 1. The van der Waals surface area contributed by atoms with Crippen LogP contribution in [-0.2, 0) is 11.8 Å². The van der Waals surface area contributed by atoms with E-state index in [0.717, 1.165) is 12.3 Å². The van der Waals surface area contributed by atoms with Crippen molar-refractivity contribution in [3.05, 3.63) is 64.7 Å². The second-order valence-corrected chi connectivity index (χ2v) is 8.93. The molecule has 0 heterocycles. The van der Waals surface area contributed by atoms with Crippen molar-refractivity contribution in [2.75, 3.05) is 0 Å². The Labute approximate surface area is 153 Å². The fourth-order valence-corrected chi connectivity index (χ4v) is 4.55. The Morgan fingerprint density at radius 1 is 0.840 bits per heavy atom. The first kappa shape index (κ1) is 16.6. The highest BCUT2D eigenvalue weighted by Crippen LogP contribution is 2.40. The molecular formula is C25H30. The van der Waals surface area contributed by atoms with Crippen molar-refractivity contribution in [2.45, 2.75) is 64.7 Å². The molecule has 0 aliphatic heterocycles. The van der Waals surface area contributed by atoms with Crippen molar-refractivity contribution in [3.8, 4) is 11.1 Å². The van der Waals surface area contributed by atoms with Gasteiger partial charge in [-0.3, -0.25) is 0 Å². The van der Waals surface area contributed by atoms with Gasteiger partial charge in [0, 0.05) is 0 Å². The summed E-state index contributed by atoms with van der Waals surface area (Å²) in [4.78, 5) is 0. The topological polar surface area (TPSA) is 0 Å². The van der Waals surface area contributed by atoms with Crippen molar-refractivity contribution in [1.29, 1.82) is 0 Å². The van der Waals surface area contributed by atoms with Crippen LogP contribution in [0.25, 0.3) is 17.2 Å². The zero-order valence-electron chi connectivity index (χ0n) is 15.9. The van der Waals surface area contributed by atoms with Crippen LogP contribution in [0, 0.1) is 5.92 Å². The average molecular weight is 331 g/mol. The highest BCUT2D eigenvalue weighted by atomic mass is 14.3. The predicted octanol–water partition coefficient (Wildman–Crippen LogP) is 7.17. The summed E-state index contributed by atoms with van der Waals surface area (Å²) in [5.74, 6) is 0.831. The van der Waals surface area contributed by atoms with Gasteiger partial charge in [0.1, 0.15) is 0 Å². The molecule has 0 bridgehead atoms. The van der Waals surface area contributed by atoms with Gasteiger partial charge in [0.15, 0.2) is 0 Å². The van der Waals surface area contributed by atoms with E-state index >= 15 is 0 Å². The number of benzene rings is 2. The standard InChI is InChI=1S/C25H30/c1-25(2,3)22-14-12-19(13-15-22)23-11-7-10-20-16-21(17-24(20)23)18-8-5-4-6-9-18/h7,10-16,18H,4-6,8-9,17H2,1-3H3. The summed E-state index contributed by atoms with van der Waals surface area (Å²) in [6, 6.07) is 16.1. The lowest BCUT2D eigenvalue weighted by atomic mass is 9.82. The van der Waals surface area contributed by atoms with Gasteiger partial charge in [0.25, 0.3) is 0 Å². The van der Waals surface area contributed by atoms with Crippen molar-refractivity contribution in [1.82, 2.24) is 0 Å². The Bertz CT molecular complexity index is 778. The fraction of sp³-hybridized carbons (Fsp3) is 0.440. The highest BCUT2D eigenvalue weighted by molar-refractivity contribution is 5.77. The molecule has 0 N–H and O–H groups in total. The van der Waals surface area contributed by atoms with E-state index in [1.807, 2.05) is 0 Å². The maximum Gasteiger partial charge on any atom is -0.00489 e. The molecule has 0 atom stereocenters. The lowest BCUT2D eigenvalue weighted by Gasteiger charge is -2.23. The predicted molar refractivity (Wildman–Crippen MR) is 109 cm³/mol. The third kappa shape index (κ3) is 3.32. The molecule has 130 valence electrons. The summed E-state index contributed by atoms with van der Waals surface area (Å²) in [5, 5.41) is 0. The molecule has 0 radical (unpaired) electrons. The molecule has 0 amide bonds. The molecular weight excluding hydrogens is 300 g/mol. The monoisotopic (exact) mass is 330 g/mol. The van der Waals surface area contributed by atoms with Crippen molar-refractivity contribution in [2.24, 2.45) is 5.92 Å². The SMILES string of the molecule is CC(C)(C)c1ccc(-c2cccc3c2CC(C2CCCCC2)=C3)cc1. The number of fused-ring (bicyclic) bond motifs is 1. The minimum Gasteiger partial charge on any atom is -0.0621 e. The molecule has 0 heteroatoms. The molecule has 2 aliphatic carbocycles. The molecule has 4 rings (SSSR count). The number of hydrogen-bond donors (Lipinski definition) is 0. The second kappa shape index (κ2) is 6.48. The third-order valence-corrected chi connectivity index (χ3v) is 6.13. The Morgan fingerprint density at radius 3 is 2.24 bits per heavy atom. The third-order valence-electron chi connectivity index (χ3n) is 6.13. The number of rotatable bonds is 2. The first-order valence-corrected chi connectivity index (χ1v) is 9.96. The van der Waals surface area contributed by atoms with E-state index in [1.165, 1.54) is 54.4 Å². The van der Waals surface area contributed by atoms with Crippen LogP contribution in [0.15, 0.2) is 48.0 Å². The quantitative estimate of drug-likeness (QED) is 0.547. The van der Waals surface area contributed by atoms with Gasteiger partial charge in [-0.15, -0.1) is 0 Å². The largest absolute Gasteiger partial charge is 0.0621 e. The van der Waals surface area contributed by atoms with Crippen molar-refractivity contribution in [3.63, 3.8) is 0 Å². The Morgan fingerprint density at radius 2 is 1.56 bits per heavy atom. The first-order chi connectivity index (χ1) is 12.0. The first-order valence-electron chi connectivity index (χ1n) is 9.96.